The smallest absolute Gasteiger partial charge is 0.315 e. The first kappa shape index (κ1) is 33.5. The second kappa shape index (κ2) is 17.2. The van der Waals surface area contributed by atoms with Gasteiger partial charge < -0.3 is 31.4 Å². The lowest BCUT2D eigenvalue weighted by molar-refractivity contribution is -0.125. The molecule has 45 heavy (non-hydrogen) atoms. The van der Waals surface area contributed by atoms with E-state index < -0.39 is 23.9 Å². The summed E-state index contributed by atoms with van der Waals surface area (Å²) < 4.78 is 0. The Hall–Kier alpha value is -4.37. The zero-order valence-corrected chi connectivity index (χ0v) is 25.9. The Balaban J connectivity index is 1.16. The van der Waals surface area contributed by atoms with E-state index in [2.05, 4.69) is 26.6 Å². The Labute approximate surface area is 267 Å². The van der Waals surface area contributed by atoms with Gasteiger partial charge in [-0.3, -0.25) is 14.4 Å². The lowest BCUT2D eigenvalue weighted by Crippen LogP contribution is -2.51. The van der Waals surface area contributed by atoms with E-state index >= 15 is 0 Å². The van der Waals surface area contributed by atoms with Crippen LogP contribution < -0.4 is 26.6 Å². The molecular weight excluding hydrogens is 592 g/mol. The highest BCUT2D eigenvalue weighted by Gasteiger charge is 2.42. The van der Waals surface area contributed by atoms with E-state index in [-0.39, 0.29) is 41.6 Å². The van der Waals surface area contributed by atoms with Crippen LogP contribution in [0.2, 0.25) is 0 Å². The van der Waals surface area contributed by atoms with Crippen molar-refractivity contribution >= 4 is 41.8 Å². The Morgan fingerprint density at radius 2 is 1.78 bits per heavy atom. The second-order valence-corrected chi connectivity index (χ2v) is 12.6. The van der Waals surface area contributed by atoms with Gasteiger partial charge in [-0.15, -0.1) is 0 Å². The molecule has 5 atom stereocenters. The lowest BCUT2D eigenvalue weighted by Gasteiger charge is -2.21. The van der Waals surface area contributed by atoms with E-state index in [1.165, 1.54) is 12.1 Å². The number of benzene rings is 2. The third kappa shape index (κ3) is 10.1. The molecule has 2 saturated heterocycles. The van der Waals surface area contributed by atoms with Gasteiger partial charge in [0.25, 0.3) is 5.91 Å². The van der Waals surface area contributed by atoms with Gasteiger partial charge >= 0.3 is 6.03 Å². The highest BCUT2D eigenvalue weighted by Crippen LogP contribution is 2.33. The van der Waals surface area contributed by atoms with E-state index in [1.807, 2.05) is 48.2 Å². The van der Waals surface area contributed by atoms with E-state index in [4.69, 9.17) is 0 Å². The van der Waals surface area contributed by atoms with E-state index in [1.54, 1.807) is 12.1 Å². The minimum absolute atomic E-state index is 0.0134. The largest absolute Gasteiger partial charge is 0.356 e. The number of unbranched alkanes of at least 4 members (excludes halogenated alkanes) is 2. The predicted molar refractivity (Wildman–Crippen MR) is 171 cm³/mol. The van der Waals surface area contributed by atoms with Crippen LogP contribution in [0.3, 0.4) is 0 Å². The number of carbonyl (C=O) groups excluding carboxylic acids is 5. The third-order valence-electron chi connectivity index (χ3n) is 8.03. The van der Waals surface area contributed by atoms with Crippen molar-refractivity contribution in [1.82, 2.24) is 26.6 Å². The fourth-order valence-electron chi connectivity index (χ4n) is 5.61. The number of hydrogen-bond acceptors (Lipinski definition) is 7. The number of hydrogen-bond donors (Lipinski definition) is 5. The van der Waals surface area contributed by atoms with Crippen LogP contribution in [-0.4, -0.2) is 71.8 Å². The number of amides is 5. The number of nitriles is 1. The maximum atomic E-state index is 13.3. The van der Waals surface area contributed by atoms with Gasteiger partial charge in [0, 0.05) is 30.4 Å². The van der Waals surface area contributed by atoms with Crippen molar-refractivity contribution in [2.45, 2.75) is 80.8 Å². The SMILES string of the molecule is N#Cc1ccccc1C(=O)N[C@@H](Cc1ccccc1)C(=O)N[C@H](C=O)CCCCNC(=O)CCCC[C@@H]1SC[C@@H]2NC(=O)N[C@@H]21. The number of urea groups is 1. The molecule has 4 rings (SSSR count). The maximum Gasteiger partial charge on any atom is 0.315 e. The van der Waals surface area contributed by atoms with Gasteiger partial charge in [0.1, 0.15) is 12.3 Å². The molecule has 2 aromatic rings. The summed E-state index contributed by atoms with van der Waals surface area (Å²) in [5.41, 5.74) is 1.20. The molecule has 2 aromatic carbocycles. The Morgan fingerprint density at radius 1 is 1.00 bits per heavy atom. The van der Waals surface area contributed by atoms with Crippen molar-refractivity contribution in [3.05, 3.63) is 71.3 Å². The zero-order chi connectivity index (χ0) is 32.0. The molecule has 0 unspecified atom stereocenters. The summed E-state index contributed by atoms with van der Waals surface area (Å²) in [6.07, 6.45) is 5.64. The van der Waals surface area contributed by atoms with Crippen molar-refractivity contribution in [3.63, 3.8) is 0 Å². The molecular formula is C33H40N6O5S. The molecule has 5 amide bonds. The minimum Gasteiger partial charge on any atom is -0.356 e. The van der Waals surface area contributed by atoms with Crippen molar-refractivity contribution in [1.29, 1.82) is 5.26 Å². The Morgan fingerprint density at radius 3 is 2.56 bits per heavy atom. The quantitative estimate of drug-likeness (QED) is 0.101. The van der Waals surface area contributed by atoms with Crippen LogP contribution in [0.5, 0.6) is 0 Å². The first-order valence-corrected chi connectivity index (χ1v) is 16.5. The minimum atomic E-state index is -0.962. The molecule has 2 fully saturated rings. The Kier molecular flexibility index (Phi) is 12.8. The number of thioether (sulfide) groups is 1. The molecule has 0 bridgehead atoms. The van der Waals surface area contributed by atoms with Gasteiger partial charge in [-0.05, 0) is 49.8 Å². The summed E-state index contributed by atoms with van der Waals surface area (Å²) in [7, 11) is 0. The molecule has 11 nitrogen and oxygen atoms in total. The number of aldehydes is 1. The van der Waals surface area contributed by atoms with Gasteiger partial charge in [-0.1, -0.05) is 48.9 Å². The van der Waals surface area contributed by atoms with Crippen LogP contribution in [0.1, 0.15) is 66.4 Å². The molecule has 12 heteroatoms. The fourth-order valence-corrected chi connectivity index (χ4v) is 7.15. The number of fused-ring (bicyclic) bond motifs is 1. The van der Waals surface area contributed by atoms with Crippen LogP contribution in [0.25, 0.3) is 0 Å². The van der Waals surface area contributed by atoms with Gasteiger partial charge in [0.2, 0.25) is 11.8 Å². The molecule has 0 spiro atoms. The normalized spacial score (nSPS) is 19.6. The summed E-state index contributed by atoms with van der Waals surface area (Å²) >= 11 is 1.87. The van der Waals surface area contributed by atoms with Gasteiger partial charge in [0.05, 0.1) is 35.3 Å². The molecule has 0 radical (unpaired) electrons. The summed E-state index contributed by atoms with van der Waals surface area (Å²) in [6, 6.07) is 16.2. The highest BCUT2D eigenvalue weighted by atomic mass is 32.2. The average Bonchev–Trinajstić information content (AvgIpc) is 3.61. The van der Waals surface area contributed by atoms with Crippen LogP contribution in [-0.2, 0) is 20.8 Å². The van der Waals surface area contributed by atoms with Crippen molar-refractivity contribution in [3.8, 4) is 6.07 Å². The standard InChI is InChI=1S/C33H40N6O5S/c34-19-23-12-4-5-14-25(23)31(42)37-26(18-22-10-2-1-3-11-22)32(43)36-24(20-40)13-8-9-17-35-29(41)16-7-6-15-28-30-27(21-45-28)38-33(44)39-30/h1-5,10-12,14,20,24,26-28,30H,6-9,13,15-18,21H2,(H,35,41)(H,36,43)(H,37,42)(H2,38,39,44)/t24-,26-,27-,28-,30-/m0/s1. The number of nitrogens with one attached hydrogen (secondary N) is 5. The van der Waals surface area contributed by atoms with Crippen LogP contribution in [0, 0.1) is 11.3 Å². The number of nitrogens with zero attached hydrogens (tertiary/aromatic N) is 1. The highest BCUT2D eigenvalue weighted by molar-refractivity contribution is 8.00. The first-order valence-electron chi connectivity index (χ1n) is 15.4. The fraction of sp³-hybridized carbons (Fsp3) is 0.455. The summed E-state index contributed by atoms with van der Waals surface area (Å²) in [4.78, 5) is 61.9. The molecule has 2 aliphatic heterocycles. The number of rotatable bonds is 17. The molecule has 238 valence electrons. The molecule has 0 aromatic heterocycles. The van der Waals surface area contributed by atoms with Crippen molar-refractivity contribution in [2.24, 2.45) is 0 Å². The summed E-state index contributed by atoms with van der Waals surface area (Å²) in [5, 5.41) is 24.1. The molecule has 2 heterocycles. The van der Waals surface area contributed by atoms with Crippen molar-refractivity contribution < 1.29 is 24.0 Å². The van der Waals surface area contributed by atoms with Crippen LogP contribution in [0.15, 0.2) is 54.6 Å². The van der Waals surface area contributed by atoms with E-state index in [9.17, 15) is 29.2 Å². The molecule has 0 saturated carbocycles. The van der Waals surface area contributed by atoms with Crippen LogP contribution >= 0.6 is 11.8 Å². The summed E-state index contributed by atoms with van der Waals surface area (Å²) in [5.74, 6) is -0.134. The second-order valence-electron chi connectivity index (χ2n) is 11.3. The van der Waals surface area contributed by atoms with Gasteiger partial charge in [-0.25, -0.2) is 4.79 Å². The van der Waals surface area contributed by atoms with E-state index in [0.29, 0.717) is 43.8 Å². The first-order chi connectivity index (χ1) is 21.9. The zero-order valence-electron chi connectivity index (χ0n) is 25.1. The Bertz CT molecular complexity index is 1380. The predicted octanol–water partition coefficient (Wildman–Crippen LogP) is 2.60. The van der Waals surface area contributed by atoms with E-state index in [0.717, 1.165) is 30.6 Å². The third-order valence-corrected chi connectivity index (χ3v) is 9.54. The molecule has 2 aliphatic rings. The number of carbonyl (C=O) groups is 5. The van der Waals surface area contributed by atoms with Gasteiger partial charge in [-0.2, -0.15) is 17.0 Å². The van der Waals surface area contributed by atoms with Crippen molar-refractivity contribution in [2.75, 3.05) is 12.3 Å². The lowest BCUT2D eigenvalue weighted by atomic mass is 10.0. The maximum absolute atomic E-state index is 13.3. The molecule has 5 N–H and O–H groups in total. The molecule has 0 aliphatic carbocycles. The average molecular weight is 633 g/mol. The monoisotopic (exact) mass is 632 g/mol. The topological polar surface area (TPSA) is 169 Å². The summed E-state index contributed by atoms with van der Waals surface area (Å²) in [6.45, 7) is 0.475. The van der Waals surface area contributed by atoms with Gasteiger partial charge in [0.15, 0.2) is 0 Å². The van der Waals surface area contributed by atoms with Crippen LogP contribution in [0.4, 0.5) is 4.79 Å².